The van der Waals surface area contributed by atoms with Gasteiger partial charge in [-0.05, 0) is 41.8 Å². The van der Waals surface area contributed by atoms with E-state index in [1.807, 2.05) is 48.5 Å². The van der Waals surface area contributed by atoms with Gasteiger partial charge < -0.3 is 5.11 Å². The van der Waals surface area contributed by atoms with Gasteiger partial charge in [-0.15, -0.1) is 0 Å². The molecule has 0 heterocycles. The first kappa shape index (κ1) is 14.3. The number of carbonyl (C=O) groups is 1. The largest absolute Gasteiger partial charge is 0.481 e. The minimum absolute atomic E-state index is 0.477. The summed E-state index contributed by atoms with van der Waals surface area (Å²) in [6.45, 7) is 0. The lowest BCUT2D eigenvalue weighted by Crippen LogP contribution is -2.14. The zero-order valence-electron chi connectivity index (χ0n) is 10.0. The number of carboxylic acid groups (broad SMARTS) is 1. The third-order valence-corrected chi connectivity index (χ3v) is 3.86. The lowest BCUT2D eigenvalue weighted by molar-refractivity contribution is -0.138. The summed E-state index contributed by atoms with van der Waals surface area (Å²) in [7, 11) is 0. The van der Waals surface area contributed by atoms with E-state index in [4.69, 9.17) is 0 Å². The Morgan fingerprint density at radius 3 is 2.26 bits per heavy atom. The van der Waals surface area contributed by atoms with Gasteiger partial charge in [0, 0.05) is 8.95 Å². The van der Waals surface area contributed by atoms with Crippen molar-refractivity contribution in [3.8, 4) is 0 Å². The normalized spacial score (nSPS) is 12.1. The van der Waals surface area contributed by atoms with Crippen molar-refractivity contribution in [1.82, 2.24) is 0 Å². The van der Waals surface area contributed by atoms with E-state index in [2.05, 4.69) is 31.9 Å². The molecule has 2 aromatic carbocycles. The number of aliphatic carboxylic acids is 1. The Hall–Kier alpha value is -1.13. The topological polar surface area (TPSA) is 37.3 Å². The van der Waals surface area contributed by atoms with Gasteiger partial charge in [-0.2, -0.15) is 0 Å². The number of carboxylic acids is 1. The minimum atomic E-state index is -0.807. The van der Waals surface area contributed by atoms with Crippen molar-refractivity contribution in [2.75, 3.05) is 0 Å². The van der Waals surface area contributed by atoms with Crippen LogP contribution in [0.4, 0.5) is 0 Å². The Bertz CT molecular complexity index is 596. The van der Waals surface area contributed by atoms with Crippen molar-refractivity contribution >= 4 is 37.8 Å². The molecule has 0 amide bonds. The van der Waals surface area contributed by atoms with Gasteiger partial charge >= 0.3 is 5.97 Å². The Morgan fingerprint density at radius 1 is 1.05 bits per heavy atom. The van der Waals surface area contributed by atoms with Crippen LogP contribution in [0.5, 0.6) is 0 Å². The number of hydrogen-bond acceptors (Lipinski definition) is 1. The van der Waals surface area contributed by atoms with E-state index in [-0.39, 0.29) is 0 Å². The first-order valence-corrected chi connectivity index (χ1v) is 7.37. The summed E-state index contributed by atoms with van der Waals surface area (Å²) in [6, 6.07) is 15.2. The highest BCUT2D eigenvalue weighted by atomic mass is 79.9. The molecule has 0 bridgehead atoms. The Morgan fingerprint density at radius 2 is 1.68 bits per heavy atom. The van der Waals surface area contributed by atoms with Crippen LogP contribution >= 0.6 is 31.9 Å². The molecule has 0 fully saturated rings. The van der Waals surface area contributed by atoms with E-state index in [0.29, 0.717) is 6.42 Å². The quantitative estimate of drug-likeness (QED) is 0.836. The second kappa shape index (κ2) is 6.35. The molecule has 0 spiro atoms. The maximum Gasteiger partial charge on any atom is 0.311 e. The maximum absolute atomic E-state index is 11.5. The molecule has 1 atom stereocenters. The number of benzene rings is 2. The Balaban J connectivity index is 2.29. The van der Waals surface area contributed by atoms with Gasteiger partial charge in [-0.25, -0.2) is 0 Å². The molecule has 0 aliphatic rings. The molecule has 0 aliphatic carbocycles. The fraction of sp³-hybridized carbons (Fsp3) is 0.133. The standard InChI is InChI=1S/C15H12Br2O2/c16-12-5-1-3-10(7-12)8-14(15(18)19)11-4-2-6-13(17)9-11/h1-7,9,14H,8H2,(H,18,19). The van der Waals surface area contributed by atoms with Gasteiger partial charge in [0.25, 0.3) is 0 Å². The summed E-state index contributed by atoms with van der Waals surface area (Å²) in [5, 5.41) is 9.42. The predicted octanol–water partition coefficient (Wildman–Crippen LogP) is 4.62. The lowest BCUT2D eigenvalue weighted by Gasteiger charge is -2.13. The Labute approximate surface area is 128 Å². The number of hydrogen-bond donors (Lipinski definition) is 1. The molecule has 4 heteroatoms. The summed E-state index contributed by atoms with van der Waals surface area (Å²) < 4.78 is 1.86. The number of halogens is 2. The molecule has 1 N–H and O–H groups in total. The first-order valence-electron chi connectivity index (χ1n) is 5.79. The molecule has 0 aromatic heterocycles. The van der Waals surface area contributed by atoms with E-state index in [1.165, 1.54) is 0 Å². The van der Waals surface area contributed by atoms with Gasteiger partial charge in [-0.1, -0.05) is 56.1 Å². The van der Waals surface area contributed by atoms with Crippen LogP contribution < -0.4 is 0 Å². The molecule has 0 aliphatic heterocycles. The molecule has 0 saturated heterocycles. The molecule has 2 rings (SSSR count). The van der Waals surface area contributed by atoms with Crippen LogP contribution in [0, 0.1) is 0 Å². The van der Waals surface area contributed by atoms with E-state index in [1.54, 1.807) is 0 Å². The fourth-order valence-electron chi connectivity index (χ4n) is 1.97. The predicted molar refractivity (Wildman–Crippen MR) is 82.4 cm³/mol. The highest BCUT2D eigenvalue weighted by molar-refractivity contribution is 9.10. The lowest BCUT2D eigenvalue weighted by atomic mass is 9.92. The van der Waals surface area contributed by atoms with Crippen LogP contribution in [0.25, 0.3) is 0 Å². The van der Waals surface area contributed by atoms with Crippen LogP contribution in [-0.2, 0) is 11.2 Å². The molecule has 2 nitrogen and oxygen atoms in total. The third-order valence-electron chi connectivity index (χ3n) is 2.88. The van der Waals surface area contributed by atoms with E-state index < -0.39 is 11.9 Å². The van der Waals surface area contributed by atoms with Gasteiger partial charge in [-0.3, -0.25) is 4.79 Å². The SMILES string of the molecule is O=C(O)C(Cc1cccc(Br)c1)c1cccc(Br)c1. The molecule has 2 aromatic rings. The molecule has 19 heavy (non-hydrogen) atoms. The monoisotopic (exact) mass is 382 g/mol. The third kappa shape index (κ3) is 3.91. The van der Waals surface area contributed by atoms with Crippen molar-refractivity contribution in [1.29, 1.82) is 0 Å². The van der Waals surface area contributed by atoms with Crippen LogP contribution in [0.3, 0.4) is 0 Å². The van der Waals surface area contributed by atoms with E-state index in [0.717, 1.165) is 20.1 Å². The van der Waals surface area contributed by atoms with Crippen LogP contribution in [0.1, 0.15) is 17.0 Å². The first-order chi connectivity index (χ1) is 9.06. The van der Waals surface area contributed by atoms with Crippen LogP contribution in [0.2, 0.25) is 0 Å². The average molecular weight is 384 g/mol. The van der Waals surface area contributed by atoms with Crippen LogP contribution in [0.15, 0.2) is 57.5 Å². The van der Waals surface area contributed by atoms with Crippen LogP contribution in [-0.4, -0.2) is 11.1 Å². The summed E-state index contributed by atoms with van der Waals surface area (Å²) >= 11 is 6.78. The summed E-state index contributed by atoms with van der Waals surface area (Å²) in [4.78, 5) is 11.5. The zero-order chi connectivity index (χ0) is 13.8. The second-order valence-corrected chi connectivity index (χ2v) is 6.11. The van der Waals surface area contributed by atoms with Crippen molar-refractivity contribution < 1.29 is 9.90 Å². The van der Waals surface area contributed by atoms with Crippen molar-refractivity contribution in [3.05, 3.63) is 68.6 Å². The molecule has 0 radical (unpaired) electrons. The fourth-order valence-corrected chi connectivity index (χ4v) is 2.83. The highest BCUT2D eigenvalue weighted by Gasteiger charge is 2.20. The van der Waals surface area contributed by atoms with Crippen molar-refractivity contribution in [3.63, 3.8) is 0 Å². The molecule has 0 saturated carbocycles. The molecule has 98 valence electrons. The van der Waals surface area contributed by atoms with E-state index >= 15 is 0 Å². The van der Waals surface area contributed by atoms with Crippen molar-refractivity contribution in [2.45, 2.75) is 12.3 Å². The summed E-state index contributed by atoms with van der Waals surface area (Å²) in [5.41, 5.74) is 1.81. The summed E-state index contributed by atoms with van der Waals surface area (Å²) in [6.07, 6.45) is 0.477. The van der Waals surface area contributed by atoms with Gasteiger partial charge in [0.1, 0.15) is 0 Å². The van der Waals surface area contributed by atoms with Gasteiger partial charge in [0.05, 0.1) is 5.92 Å². The second-order valence-electron chi connectivity index (χ2n) is 4.28. The molecular weight excluding hydrogens is 372 g/mol. The smallest absolute Gasteiger partial charge is 0.311 e. The summed E-state index contributed by atoms with van der Waals surface area (Å²) in [5.74, 6) is -1.34. The zero-order valence-corrected chi connectivity index (χ0v) is 13.2. The highest BCUT2D eigenvalue weighted by Crippen LogP contribution is 2.25. The average Bonchev–Trinajstić information content (AvgIpc) is 2.35. The van der Waals surface area contributed by atoms with E-state index in [9.17, 15) is 9.90 Å². The van der Waals surface area contributed by atoms with Gasteiger partial charge in [0.15, 0.2) is 0 Å². The van der Waals surface area contributed by atoms with Crippen molar-refractivity contribution in [2.24, 2.45) is 0 Å². The number of rotatable bonds is 4. The Kier molecular flexibility index (Phi) is 4.77. The van der Waals surface area contributed by atoms with Gasteiger partial charge in [0.2, 0.25) is 0 Å². The molecule has 1 unspecified atom stereocenters. The minimum Gasteiger partial charge on any atom is -0.481 e. The molecular formula is C15H12Br2O2. The maximum atomic E-state index is 11.5.